The molecule has 1 fully saturated rings. The van der Waals surface area contributed by atoms with E-state index in [0.717, 1.165) is 16.9 Å². The van der Waals surface area contributed by atoms with E-state index in [1.807, 2.05) is 18.2 Å². The average Bonchev–Trinajstić information content (AvgIpc) is 3.24. The first kappa shape index (κ1) is 17.6. The minimum absolute atomic E-state index is 0.330. The lowest BCUT2D eigenvalue weighted by atomic mass is 9.85. The smallest absolute Gasteiger partial charge is 0.261 e. The van der Waals surface area contributed by atoms with Gasteiger partial charge < -0.3 is 14.8 Å². The molecule has 6 nitrogen and oxygen atoms in total. The number of hydrogen-bond donors (Lipinski definition) is 2. The van der Waals surface area contributed by atoms with Gasteiger partial charge in [0, 0.05) is 17.2 Å². The molecular formula is C22H19FN4O2. The van der Waals surface area contributed by atoms with Crippen LogP contribution in [0.15, 0.2) is 47.0 Å². The maximum Gasteiger partial charge on any atom is 0.261 e. The van der Waals surface area contributed by atoms with Gasteiger partial charge in [0.1, 0.15) is 28.7 Å². The summed E-state index contributed by atoms with van der Waals surface area (Å²) in [5, 5.41) is 6.90. The number of nitrogens with zero attached hydrogens (tertiary/aromatic N) is 2. The molecule has 0 aliphatic heterocycles. The van der Waals surface area contributed by atoms with Gasteiger partial charge in [0.05, 0.1) is 11.0 Å². The summed E-state index contributed by atoms with van der Waals surface area (Å²) >= 11 is 0. The van der Waals surface area contributed by atoms with Crippen LogP contribution in [0.3, 0.4) is 0 Å². The Bertz CT molecular complexity index is 1210. The largest absolute Gasteiger partial charge is 0.360 e. The molecule has 1 aliphatic rings. The lowest BCUT2D eigenvalue weighted by Crippen LogP contribution is -2.13. The summed E-state index contributed by atoms with van der Waals surface area (Å²) in [5.74, 6) is 1.24. The number of aryl methyl sites for hydroxylation is 1. The number of nitrogens with one attached hydrogen (secondary N) is 2. The van der Waals surface area contributed by atoms with Gasteiger partial charge in [0.15, 0.2) is 0 Å². The average molecular weight is 390 g/mol. The van der Waals surface area contributed by atoms with Crippen molar-refractivity contribution in [3.63, 3.8) is 0 Å². The SMILES string of the molecule is Cc1onc(-c2ccc(F)cc2)c1C(=O)Nc1ccc2nc(C3CCC3)[nH]c2c1. The first-order valence-corrected chi connectivity index (χ1v) is 9.62. The lowest BCUT2D eigenvalue weighted by Gasteiger charge is -2.22. The molecule has 0 spiro atoms. The van der Waals surface area contributed by atoms with Crippen LogP contribution in [0.5, 0.6) is 0 Å². The predicted molar refractivity (Wildman–Crippen MR) is 107 cm³/mol. The summed E-state index contributed by atoms with van der Waals surface area (Å²) in [6.07, 6.45) is 3.59. The molecule has 0 atom stereocenters. The Morgan fingerprint density at radius 3 is 2.72 bits per heavy atom. The van der Waals surface area contributed by atoms with E-state index in [-0.39, 0.29) is 11.7 Å². The molecule has 4 aromatic rings. The Kier molecular flexibility index (Phi) is 4.16. The van der Waals surface area contributed by atoms with Crippen LogP contribution in [0.4, 0.5) is 10.1 Å². The van der Waals surface area contributed by atoms with E-state index in [2.05, 4.69) is 20.4 Å². The van der Waals surface area contributed by atoms with Crippen molar-refractivity contribution in [3.05, 3.63) is 65.4 Å². The molecule has 29 heavy (non-hydrogen) atoms. The van der Waals surface area contributed by atoms with Crippen LogP contribution < -0.4 is 5.32 Å². The number of H-pyrrole nitrogens is 1. The van der Waals surface area contributed by atoms with Crippen molar-refractivity contribution in [1.82, 2.24) is 15.1 Å². The fourth-order valence-electron chi connectivity index (χ4n) is 3.62. The Hall–Kier alpha value is -3.48. The fraction of sp³-hybridized carbons (Fsp3) is 0.227. The van der Waals surface area contributed by atoms with Gasteiger partial charge in [-0.05, 0) is 62.2 Å². The molecule has 0 unspecified atom stereocenters. The molecule has 2 heterocycles. The first-order valence-electron chi connectivity index (χ1n) is 9.62. The first-order chi connectivity index (χ1) is 14.1. The standard InChI is InChI=1S/C22H19FN4O2/c1-12-19(20(27-29-12)13-5-7-15(23)8-6-13)22(28)24-16-9-10-17-18(11-16)26-21(25-17)14-3-2-4-14/h5-11,14H,2-4H2,1H3,(H,24,28)(H,25,26). The second-order valence-electron chi connectivity index (χ2n) is 7.41. The van der Waals surface area contributed by atoms with Crippen molar-refractivity contribution >= 4 is 22.6 Å². The summed E-state index contributed by atoms with van der Waals surface area (Å²) in [6.45, 7) is 1.68. The number of imidazole rings is 1. The fourth-order valence-corrected chi connectivity index (χ4v) is 3.62. The molecule has 1 saturated carbocycles. The Morgan fingerprint density at radius 2 is 2.00 bits per heavy atom. The number of rotatable bonds is 4. The molecule has 1 amide bonds. The van der Waals surface area contributed by atoms with Crippen LogP contribution in [0.1, 0.15) is 47.1 Å². The van der Waals surface area contributed by atoms with E-state index in [9.17, 15) is 9.18 Å². The predicted octanol–water partition coefficient (Wildman–Crippen LogP) is 5.19. The minimum Gasteiger partial charge on any atom is -0.360 e. The van der Waals surface area contributed by atoms with Crippen LogP contribution in [0, 0.1) is 12.7 Å². The third kappa shape index (κ3) is 3.18. The van der Waals surface area contributed by atoms with Gasteiger partial charge in [-0.25, -0.2) is 9.37 Å². The van der Waals surface area contributed by atoms with Crippen LogP contribution in [0.2, 0.25) is 0 Å². The van der Waals surface area contributed by atoms with Crippen molar-refractivity contribution in [2.45, 2.75) is 32.1 Å². The van der Waals surface area contributed by atoms with Crippen molar-refractivity contribution in [3.8, 4) is 11.3 Å². The van der Waals surface area contributed by atoms with Gasteiger partial charge in [0.2, 0.25) is 0 Å². The third-order valence-electron chi connectivity index (χ3n) is 5.46. The van der Waals surface area contributed by atoms with Gasteiger partial charge >= 0.3 is 0 Å². The molecule has 0 saturated heterocycles. The van der Waals surface area contributed by atoms with E-state index in [4.69, 9.17) is 4.52 Å². The van der Waals surface area contributed by atoms with Gasteiger partial charge in [-0.1, -0.05) is 11.6 Å². The summed E-state index contributed by atoms with van der Waals surface area (Å²) in [4.78, 5) is 21.0. The summed E-state index contributed by atoms with van der Waals surface area (Å²) in [5.41, 5.74) is 3.76. The van der Waals surface area contributed by atoms with Gasteiger partial charge in [-0.15, -0.1) is 0 Å². The number of aromatic nitrogens is 3. The summed E-state index contributed by atoms with van der Waals surface area (Å²) in [7, 11) is 0. The highest BCUT2D eigenvalue weighted by Gasteiger charge is 2.24. The second kappa shape index (κ2) is 6.84. The molecule has 7 heteroatoms. The van der Waals surface area contributed by atoms with Crippen molar-refractivity contribution in [2.75, 3.05) is 5.32 Å². The number of amides is 1. The quantitative estimate of drug-likeness (QED) is 0.503. The second-order valence-corrected chi connectivity index (χ2v) is 7.41. The molecule has 0 bridgehead atoms. The maximum atomic E-state index is 13.2. The Labute approximate surface area is 166 Å². The van der Waals surface area contributed by atoms with Gasteiger partial charge in [-0.2, -0.15) is 0 Å². The molecular weight excluding hydrogens is 371 g/mol. The Balaban J connectivity index is 1.43. The van der Waals surface area contributed by atoms with E-state index in [1.165, 1.54) is 31.4 Å². The number of aromatic amines is 1. The van der Waals surface area contributed by atoms with E-state index in [0.29, 0.717) is 34.2 Å². The molecule has 2 aromatic heterocycles. The zero-order chi connectivity index (χ0) is 20.0. The molecule has 5 rings (SSSR count). The minimum atomic E-state index is -0.353. The maximum absolute atomic E-state index is 13.2. The van der Waals surface area contributed by atoms with E-state index >= 15 is 0 Å². The normalized spacial score (nSPS) is 14.1. The molecule has 2 N–H and O–H groups in total. The van der Waals surface area contributed by atoms with Crippen molar-refractivity contribution < 1.29 is 13.7 Å². The molecule has 0 radical (unpaired) electrons. The Morgan fingerprint density at radius 1 is 1.21 bits per heavy atom. The number of benzene rings is 2. The van der Waals surface area contributed by atoms with Crippen molar-refractivity contribution in [1.29, 1.82) is 0 Å². The van der Waals surface area contributed by atoms with Crippen LogP contribution in [-0.2, 0) is 0 Å². The van der Waals surface area contributed by atoms with Gasteiger partial charge in [0.25, 0.3) is 5.91 Å². The number of carbonyl (C=O) groups is 1. The van der Waals surface area contributed by atoms with E-state index in [1.54, 1.807) is 19.1 Å². The monoisotopic (exact) mass is 390 g/mol. The molecule has 2 aromatic carbocycles. The summed E-state index contributed by atoms with van der Waals surface area (Å²) in [6, 6.07) is 11.4. The number of anilines is 1. The summed E-state index contributed by atoms with van der Waals surface area (Å²) < 4.78 is 18.5. The van der Waals surface area contributed by atoms with Crippen molar-refractivity contribution in [2.24, 2.45) is 0 Å². The highest BCUT2D eigenvalue weighted by Crippen LogP contribution is 2.35. The number of hydrogen-bond acceptors (Lipinski definition) is 4. The highest BCUT2D eigenvalue weighted by molar-refractivity contribution is 6.09. The van der Waals surface area contributed by atoms with Crippen LogP contribution in [-0.4, -0.2) is 21.0 Å². The lowest BCUT2D eigenvalue weighted by molar-refractivity contribution is 0.102. The molecule has 146 valence electrons. The molecule has 1 aliphatic carbocycles. The zero-order valence-corrected chi connectivity index (χ0v) is 15.8. The number of halogens is 1. The van der Waals surface area contributed by atoms with Crippen LogP contribution in [0.25, 0.3) is 22.3 Å². The zero-order valence-electron chi connectivity index (χ0n) is 15.8. The third-order valence-corrected chi connectivity index (χ3v) is 5.46. The van der Waals surface area contributed by atoms with Gasteiger partial charge in [-0.3, -0.25) is 4.79 Å². The number of carbonyl (C=O) groups excluding carboxylic acids is 1. The van der Waals surface area contributed by atoms with Crippen LogP contribution >= 0.6 is 0 Å². The van der Waals surface area contributed by atoms with E-state index < -0.39 is 0 Å². The number of fused-ring (bicyclic) bond motifs is 1. The topological polar surface area (TPSA) is 83.8 Å². The highest BCUT2D eigenvalue weighted by atomic mass is 19.1.